The number of hydrogen-bond donors (Lipinski definition) is 2. The van der Waals surface area contributed by atoms with Crippen LogP contribution < -0.4 is 10.6 Å². The van der Waals surface area contributed by atoms with Crippen LogP contribution in [-0.4, -0.2) is 49.0 Å². The highest BCUT2D eigenvalue weighted by Crippen LogP contribution is 2.10. The average Bonchev–Trinajstić information content (AvgIpc) is 2.92. The fourth-order valence-corrected chi connectivity index (χ4v) is 1.92. The summed E-state index contributed by atoms with van der Waals surface area (Å²) in [6, 6.07) is 6.24. The molecule has 0 bridgehead atoms. The zero-order valence-corrected chi connectivity index (χ0v) is 11.7. The normalized spacial score (nSPS) is 13.8. The molecule has 0 radical (unpaired) electrons. The molecule has 1 aliphatic heterocycles. The summed E-state index contributed by atoms with van der Waals surface area (Å²) < 4.78 is 4.88. The van der Waals surface area contributed by atoms with E-state index in [0.717, 1.165) is 0 Å². The molecule has 0 aromatic heterocycles. The van der Waals surface area contributed by atoms with Crippen molar-refractivity contribution in [2.45, 2.75) is 6.92 Å². The van der Waals surface area contributed by atoms with Gasteiger partial charge in [0.2, 0.25) is 5.91 Å². The van der Waals surface area contributed by atoms with Crippen LogP contribution in [0.15, 0.2) is 24.3 Å². The topological polar surface area (TPSA) is 87.7 Å². The summed E-state index contributed by atoms with van der Waals surface area (Å²) in [6.45, 7) is 2.96. The molecule has 112 valence electrons. The molecule has 0 unspecified atom stereocenters. The number of carbonyl (C=O) groups excluding carboxylic acids is 3. The van der Waals surface area contributed by atoms with Crippen LogP contribution in [0.3, 0.4) is 0 Å². The van der Waals surface area contributed by atoms with E-state index in [1.54, 1.807) is 31.2 Å². The van der Waals surface area contributed by atoms with E-state index < -0.39 is 0 Å². The second-order valence-corrected chi connectivity index (χ2v) is 4.43. The largest absolute Gasteiger partial charge is 0.462 e. The molecule has 7 heteroatoms. The second-order valence-electron chi connectivity index (χ2n) is 4.43. The molecule has 1 aromatic carbocycles. The summed E-state index contributed by atoms with van der Waals surface area (Å²) in [4.78, 5) is 35.8. The molecule has 3 amide bonds. The van der Waals surface area contributed by atoms with Gasteiger partial charge in [-0.05, 0) is 31.2 Å². The Morgan fingerprint density at radius 2 is 2.05 bits per heavy atom. The van der Waals surface area contributed by atoms with Crippen molar-refractivity contribution in [3.8, 4) is 0 Å². The maximum Gasteiger partial charge on any atom is 0.338 e. The molecule has 0 atom stereocenters. The van der Waals surface area contributed by atoms with Crippen molar-refractivity contribution in [3.05, 3.63) is 29.8 Å². The maximum atomic E-state index is 11.8. The molecule has 2 N–H and O–H groups in total. The van der Waals surface area contributed by atoms with Crippen molar-refractivity contribution in [2.75, 3.05) is 31.6 Å². The Labute approximate surface area is 122 Å². The Balaban J connectivity index is 1.87. The summed E-state index contributed by atoms with van der Waals surface area (Å²) in [5.74, 6) is -0.673. The third-order valence-corrected chi connectivity index (χ3v) is 3.00. The van der Waals surface area contributed by atoms with Gasteiger partial charge in [0.05, 0.1) is 18.7 Å². The fraction of sp³-hybridized carbons (Fsp3) is 0.357. The van der Waals surface area contributed by atoms with E-state index in [1.165, 1.54) is 4.90 Å². The molecule has 1 heterocycles. The van der Waals surface area contributed by atoms with Crippen molar-refractivity contribution in [3.63, 3.8) is 0 Å². The highest BCUT2D eigenvalue weighted by molar-refractivity contribution is 5.97. The molecular weight excluding hydrogens is 274 g/mol. The molecule has 1 fully saturated rings. The number of amides is 3. The van der Waals surface area contributed by atoms with Gasteiger partial charge in [-0.3, -0.25) is 9.69 Å². The third-order valence-electron chi connectivity index (χ3n) is 3.00. The van der Waals surface area contributed by atoms with Crippen molar-refractivity contribution < 1.29 is 19.1 Å². The molecular formula is C14H17N3O4. The lowest BCUT2D eigenvalue weighted by Crippen LogP contribution is -2.37. The molecule has 0 spiro atoms. The van der Waals surface area contributed by atoms with E-state index in [0.29, 0.717) is 30.9 Å². The summed E-state index contributed by atoms with van der Waals surface area (Å²) in [7, 11) is 0. The number of hydrogen-bond acceptors (Lipinski definition) is 5. The first-order chi connectivity index (χ1) is 10.1. The van der Waals surface area contributed by atoms with Gasteiger partial charge in [0.1, 0.15) is 0 Å². The molecule has 1 saturated heterocycles. The monoisotopic (exact) mass is 291 g/mol. The molecule has 7 nitrogen and oxygen atoms in total. The van der Waals surface area contributed by atoms with Crippen LogP contribution in [0.2, 0.25) is 0 Å². The first-order valence-corrected chi connectivity index (χ1v) is 6.71. The lowest BCUT2D eigenvalue weighted by molar-refractivity contribution is -0.125. The smallest absolute Gasteiger partial charge is 0.338 e. The maximum absolute atomic E-state index is 11.8. The summed E-state index contributed by atoms with van der Waals surface area (Å²) >= 11 is 0. The number of imide groups is 1. The van der Waals surface area contributed by atoms with Crippen LogP contribution in [0.4, 0.5) is 10.5 Å². The number of urea groups is 1. The number of carbonyl (C=O) groups is 3. The zero-order chi connectivity index (χ0) is 15.2. The minimum Gasteiger partial charge on any atom is -0.462 e. The van der Waals surface area contributed by atoms with Crippen LogP contribution >= 0.6 is 0 Å². The Morgan fingerprint density at radius 3 is 2.62 bits per heavy atom. The van der Waals surface area contributed by atoms with Gasteiger partial charge in [-0.25, -0.2) is 9.59 Å². The van der Waals surface area contributed by atoms with Gasteiger partial charge in [0, 0.05) is 18.8 Å². The van der Waals surface area contributed by atoms with Gasteiger partial charge in [-0.2, -0.15) is 0 Å². The van der Waals surface area contributed by atoms with Gasteiger partial charge in [0.25, 0.3) is 0 Å². The zero-order valence-electron chi connectivity index (χ0n) is 11.7. The van der Waals surface area contributed by atoms with Crippen molar-refractivity contribution in [2.24, 2.45) is 0 Å². The van der Waals surface area contributed by atoms with Gasteiger partial charge >= 0.3 is 12.0 Å². The second kappa shape index (κ2) is 6.74. The van der Waals surface area contributed by atoms with Crippen LogP contribution in [0, 0.1) is 0 Å². The fourth-order valence-electron chi connectivity index (χ4n) is 1.92. The van der Waals surface area contributed by atoms with Crippen LogP contribution in [0.1, 0.15) is 17.3 Å². The number of anilines is 1. The number of nitrogens with zero attached hydrogens (tertiary/aromatic N) is 1. The predicted octanol–water partition coefficient (Wildman–Crippen LogP) is 0.827. The molecule has 2 rings (SSSR count). The van der Waals surface area contributed by atoms with E-state index in [1.807, 2.05) is 0 Å². The number of rotatable bonds is 5. The van der Waals surface area contributed by atoms with Crippen molar-refractivity contribution in [1.82, 2.24) is 10.2 Å². The highest BCUT2D eigenvalue weighted by Gasteiger charge is 2.25. The SMILES string of the molecule is CCOC(=O)c1ccc(NCC(=O)N2CCNC2=O)cc1. The number of nitrogens with one attached hydrogen (secondary N) is 2. The summed E-state index contributed by atoms with van der Waals surface area (Å²) in [5, 5.41) is 5.48. The van der Waals surface area contributed by atoms with Gasteiger partial charge in [-0.15, -0.1) is 0 Å². The average molecular weight is 291 g/mol. The molecule has 0 aliphatic carbocycles. The van der Waals surface area contributed by atoms with E-state index in [2.05, 4.69) is 10.6 Å². The number of esters is 1. The molecule has 1 aliphatic rings. The Bertz CT molecular complexity index is 542. The van der Waals surface area contributed by atoms with E-state index in [-0.39, 0.29) is 24.5 Å². The van der Waals surface area contributed by atoms with E-state index in [4.69, 9.17) is 4.74 Å². The van der Waals surface area contributed by atoms with Crippen molar-refractivity contribution in [1.29, 1.82) is 0 Å². The van der Waals surface area contributed by atoms with Crippen LogP contribution in [0.5, 0.6) is 0 Å². The first kappa shape index (κ1) is 14.8. The Morgan fingerprint density at radius 1 is 1.33 bits per heavy atom. The van der Waals surface area contributed by atoms with Crippen molar-refractivity contribution >= 4 is 23.6 Å². The standard InChI is InChI=1S/C14H17N3O4/c1-2-21-13(19)10-3-5-11(6-4-10)16-9-12(18)17-8-7-15-14(17)20/h3-6,16H,2,7-9H2,1H3,(H,15,20). The number of benzene rings is 1. The summed E-state index contributed by atoms with van der Waals surface area (Å²) in [6.07, 6.45) is 0. The minimum absolute atomic E-state index is 0.0200. The van der Waals surface area contributed by atoms with E-state index in [9.17, 15) is 14.4 Å². The van der Waals surface area contributed by atoms with Crippen LogP contribution in [-0.2, 0) is 9.53 Å². The third kappa shape index (κ3) is 3.71. The van der Waals surface area contributed by atoms with Gasteiger partial charge in [-0.1, -0.05) is 0 Å². The lowest BCUT2D eigenvalue weighted by Gasteiger charge is -2.13. The summed E-state index contributed by atoms with van der Waals surface area (Å²) in [5.41, 5.74) is 1.14. The van der Waals surface area contributed by atoms with Gasteiger partial charge in [0.15, 0.2) is 0 Å². The predicted molar refractivity (Wildman–Crippen MR) is 76.0 cm³/mol. The molecule has 0 saturated carbocycles. The Kier molecular flexibility index (Phi) is 4.76. The van der Waals surface area contributed by atoms with Crippen LogP contribution in [0.25, 0.3) is 0 Å². The first-order valence-electron chi connectivity index (χ1n) is 6.71. The van der Waals surface area contributed by atoms with Gasteiger partial charge < -0.3 is 15.4 Å². The lowest BCUT2D eigenvalue weighted by atomic mass is 10.2. The quantitative estimate of drug-likeness (QED) is 0.784. The highest BCUT2D eigenvalue weighted by atomic mass is 16.5. The minimum atomic E-state index is -0.381. The number of ether oxygens (including phenoxy) is 1. The van der Waals surface area contributed by atoms with E-state index >= 15 is 0 Å². The Hall–Kier alpha value is -2.57. The molecule has 21 heavy (non-hydrogen) atoms. The molecule has 1 aromatic rings.